The number of nitrogens with zero attached hydrogens (tertiary/aromatic N) is 1. The Morgan fingerprint density at radius 1 is 1.00 bits per heavy atom. The highest BCUT2D eigenvalue weighted by Gasteiger charge is 2.11. The molecule has 0 aliphatic carbocycles. The Morgan fingerprint density at radius 3 is 2.07 bits per heavy atom. The summed E-state index contributed by atoms with van der Waals surface area (Å²) in [6.07, 6.45) is 1.59. The highest BCUT2D eigenvalue weighted by molar-refractivity contribution is 7.80. The average molecular weight is 388 g/mol. The van der Waals surface area contributed by atoms with Gasteiger partial charge in [0.25, 0.3) is 0 Å². The second kappa shape index (κ2) is 9.78. The lowest BCUT2D eigenvalue weighted by Gasteiger charge is -2.12. The van der Waals surface area contributed by atoms with Gasteiger partial charge in [0, 0.05) is 17.8 Å². The monoisotopic (exact) mass is 387 g/mol. The SMILES string of the molecule is COc1cc(OC)c(/C=N\NC(=S)Nc2ccc(C(C)C)cc2)c(OC)c1. The molecule has 0 radical (unpaired) electrons. The number of hydrazone groups is 1. The smallest absolute Gasteiger partial charge is 0.191 e. The number of nitrogens with one attached hydrogen (secondary N) is 2. The van der Waals surface area contributed by atoms with E-state index in [2.05, 4.69) is 41.8 Å². The van der Waals surface area contributed by atoms with Crippen LogP contribution in [0.1, 0.15) is 30.9 Å². The van der Waals surface area contributed by atoms with Crippen LogP contribution < -0.4 is 25.0 Å². The van der Waals surface area contributed by atoms with Crippen molar-refractivity contribution in [3.63, 3.8) is 0 Å². The molecule has 0 saturated heterocycles. The van der Waals surface area contributed by atoms with Crippen molar-refractivity contribution in [1.29, 1.82) is 0 Å². The molecule has 0 fully saturated rings. The zero-order chi connectivity index (χ0) is 19.8. The molecule has 2 rings (SSSR count). The molecule has 0 atom stereocenters. The lowest BCUT2D eigenvalue weighted by atomic mass is 10.0. The van der Waals surface area contributed by atoms with Gasteiger partial charge >= 0.3 is 0 Å². The molecule has 0 spiro atoms. The molecule has 6 nitrogen and oxygen atoms in total. The maximum atomic E-state index is 5.39. The lowest BCUT2D eigenvalue weighted by Crippen LogP contribution is -2.23. The number of methoxy groups -OCH3 is 3. The predicted molar refractivity (Wildman–Crippen MR) is 114 cm³/mol. The van der Waals surface area contributed by atoms with Crippen molar-refractivity contribution < 1.29 is 14.2 Å². The molecule has 7 heteroatoms. The quantitative estimate of drug-likeness (QED) is 0.423. The van der Waals surface area contributed by atoms with Crippen LogP contribution in [0.4, 0.5) is 5.69 Å². The number of ether oxygens (including phenoxy) is 3. The summed E-state index contributed by atoms with van der Waals surface area (Å²) in [6.45, 7) is 4.32. The van der Waals surface area contributed by atoms with Gasteiger partial charge in [-0.3, -0.25) is 5.43 Å². The summed E-state index contributed by atoms with van der Waals surface area (Å²) < 4.78 is 16.0. The summed E-state index contributed by atoms with van der Waals surface area (Å²) in [5.41, 5.74) is 5.64. The van der Waals surface area contributed by atoms with Crippen molar-refractivity contribution in [1.82, 2.24) is 5.43 Å². The third kappa shape index (κ3) is 5.59. The van der Waals surface area contributed by atoms with E-state index in [1.54, 1.807) is 39.7 Å². The molecular weight excluding hydrogens is 362 g/mol. The van der Waals surface area contributed by atoms with E-state index in [9.17, 15) is 0 Å². The van der Waals surface area contributed by atoms with Gasteiger partial charge in [-0.2, -0.15) is 5.10 Å². The largest absolute Gasteiger partial charge is 0.496 e. The van der Waals surface area contributed by atoms with E-state index >= 15 is 0 Å². The topological polar surface area (TPSA) is 64.1 Å². The molecule has 2 aromatic carbocycles. The first-order valence-corrected chi connectivity index (χ1v) is 8.89. The van der Waals surface area contributed by atoms with Crippen LogP contribution in [0.5, 0.6) is 17.2 Å². The summed E-state index contributed by atoms with van der Waals surface area (Å²) in [4.78, 5) is 0. The van der Waals surface area contributed by atoms with Gasteiger partial charge in [-0.25, -0.2) is 0 Å². The molecular formula is C20H25N3O3S. The first-order chi connectivity index (χ1) is 13.0. The first kappa shape index (κ1) is 20.5. The van der Waals surface area contributed by atoms with Gasteiger partial charge in [-0.05, 0) is 35.8 Å². The van der Waals surface area contributed by atoms with E-state index in [0.717, 1.165) is 5.69 Å². The molecule has 0 bridgehead atoms. The molecule has 0 amide bonds. The Labute approximate surface area is 165 Å². The van der Waals surface area contributed by atoms with Crippen LogP contribution in [0.3, 0.4) is 0 Å². The van der Waals surface area contributed by atoms with Crippen LogP contribution in [-0.4, -0.2) is 32.7 Å². The van der Waals surface area contributed by atoms with Crippen LogP contribution in [0.25, 0.3) is 0 Å². The van der Waals surface area contributed by atoms with E-state index in [0.29, 0.717) is 33.8 Å². The third-order valence-electron chi connectivity index (χ3n) is 3.95. The number of rotatable bonds is 7. The van der Waals surface area contributed by atoms with Crippen molar-refractivity contribution >= 4 is 29.2 Å². The second-order valence-corrected chi connectivity index (χ2v) is 6.45. The van der Waals surface area contributed by atoms with Gasteiger partial charge in [0.2, 0.25) is 0 Å². The standard InChI is InChI=1S/C20H25N3O3S/c1-13(2)14-6-8-15(9-7-14)22-20(27)23-21-12-17-18(25-4)10-16(24-3)11-19(17)26-5/h6-13H,1-5H3,(H2,22,23,27)/b21-12-. The van der Waals surface area contributed by atoms with Crippen LogP contribution in [0.15, 0.2) is 41.5 Å². The molecule has 2 N–H and O–H groups in total. The van der Waals surface area contributed by atoms with E-state index in [1.807, 2.05) is 12.1 Å². The molecule has 0 heterocycles. The van der Waals surface area contributed by atoms with Crippen molar-refractivity contribution in [2.45, 2.75) is 19.8 Å². The number of hydrogen-bond donors (Lipinski definition) is 2. The normalized spacial score (nSPS) is 10.7. The van der Waals surface area contributed by atoms with Gasteiger partial charge in [0.15, 0.2) is 5.11 Å². The van der Waals surface area contributed by atoms with Gasteiger partial charge < -0.3 is 19.5 Å². The van der Waals surface area contributed by atoms with Crippen LogP contribution in [0.2, 0.25) is 0 Å². The molecule has 27 heavy (non-hydrogen) atoms. The summed E-state index contributed by atoms with van der Waals surface area (Å²) in [7, 11) is 4.74. The minimum atomic E-state index is 0.384. The molecule has 0 aliphatic heterocycles. The fourth-order valence-corrected chi connectivity index (χ4v) is 2.60. The van der Waals surface area contributed by atoms with Crippen LogP contribution in [0, 0.1) is 0 Å². The zero-order valence-electron chi connectivity index (χ0n) is 16.2. The fourth-order valence-electron chi connectivity index (χ4n) is 2.43. The molecule has 144 valence electrons. The molecule has 2 aromatic rings. The zero-order valence-corrected chi connectivity index (χ0v) is 17.0. The molecule has 0 saturated carbocycles. The minimum Gasteiger partial charge on any atom is -0.496 e. The molecule has 0 aromatic heterocycles. The summed E-state index contributed by atoms with van der Waals surface area (Å²) in [5, 5.41) is 7.65. The van der Waals surface area contributed by atoms with Crippen LogP contribution in [-0.2, 0) is 0 Å². The Kier molecular flexibility index (Phi) is 7.43. The fraction of sp³-hybridized carbons (Fsp3) is 0.300. The minimum absolute atomic E-state index is 0.384. The van der Waals surface area contributed by atoms with Gasteiger partial charge in [0.1, 0.15) is 17.2 Å². The van der Waals surface area contributed by atoms with Crippen molar-refractivity contribution in [3.8, 4) is 17.2 Å². The highest BCUT2D eigenvalue weighted by Crippen LogP contribution is 2.32. The Bertz CT molecular complexity index is 780. The van der Waals surface area contributed by atoms with Crippen molar-refractivity contribution in [2.75, 3.05) is 26.6 Å². The first-order valence-electron chi connectivity index (χ1n) is 8.48. The van der Waals surface area contributed by atoms with Gasteiger partial charge in [0.05, 0.1) is 33.1 Å². The Hall–Kier alpha value is -2.80. The summed E-state index contributed by atoms with van der Waals surface area (Å²) in [6, 6.07) is 11.6. The molecule has 0 unspecified atom stereocenters. The number of hydrogen-bond acceptors (Lipinski definition) is 5. The van der Waals surface area contributed by atoms with Gasteiger partial charge in [-0.1, -0.05) is 26.0 Å². The van der Waals surface area contributed by atoms with E-state index in [-0.39, 0.29) is 0 Å². The number of benzene rings is 2. The third-order valence-corrected chi connectivity index (χ3v) is 4.14. The van der Waals surface area contributed by atoms with E-state index < -0.39 is 0 Å². The summed E-state index contributed by atoms with van der Waals surface area (Å²) >= 11 is 5.28. The number of thiocarbonyl (C=S) groups is 1. The second-order valence-electron chi connectivity index (χ2n) is 6.05. The van der Waals surface area contributed by atoms with Crippen molar-refractivity contribution in [2.24, 2.45) is 5.10 Å². The number of anilines is 1. The Morgan fingerprint density at radius 2 is 1.59 bits per heavy atom. The molecule has 0 aliphatic rings. The van der Waals surface area contributed by atoms with Crippen LogP contribution >= 0.6 is 12.2 Å². The van der Waals surface area contributed by atoms with E-state index in [1.165, 1.54) is 5.56 Å². The maximum Gasteiger partial charge on any atom is 0.191 e. The van der Waals surface area contributed by atoms with Crippen molar-refractivity contribution in [3.05, 3.63) is 47.5 Å². The Balaban J connectivity index is 2.05. The maximum absolute atomic E-state index is 5.39. The summed E-state index contributed by atoms with van der Waals surface area (Å²) in [5.74, 6) is 2.29. The lowest BCUT2D eigenvalue weighted by molar-refractivity contribution is 0.374. The van der Waals surface area contributed by atoms with Gasteiger partial charge in [-0.15, -0.1) is 0 Å². The highest BCUT2D eigenvalue weighted by atomic mass is 32.1. The van der Waals surface area contributed by atoms with E-state index in [4.69, 9.17) is 26.4 Å². The average Bonchev–Trinajstić information content (AvgIpc) is 2.68. The predicted octanol–water partition coefficient (Wildman–Crippen LogP) is 4.16.